The molecular formula is C20H21N5OS. The molecule has 0 spiro atoms. The van der Waals surface area contributed by atoms with Crippen LogP contribution in [0.5, 0.6) is 0 Å². The van der Waals surface area contributed by atoms with E-state index in [0.29, 0.717) is 12.3 Å². The molecule has 1 unspecified atom stereocenters. The fourth-order valence-corrected chi connectivity index (χ4v) is 4.38. The molecular weight excluding hydrogens is 358 g/mol. The molecule has 0 saturated carbocycles. The number of hydrogen-bond donors (Lipinski definition) is 1. The van der Waals surface area contributed by atoms with Gasteiger partial charge in [-0.2, -0.15) is 0 Å². The maximum absolute atomic E-state index is 11.5. The van der Waals surface area contributed by atoms with Gasteiger partial charge in [-0.05, 0) is 18.6 Å². The van der Waals surface area contributed by atoms with Crippen LogP contribution in [-0.2, 0) is 12.3 Å². The highest BCUT2D eigenvalue weighted by Crippen LogP contribution is 2.40. The Bertz CT molecular complexity index is 885. The van der Waals surface area contributed by atoms with Crippen molar-refractivity contribution in [3.8, 4) is 0 Å². The number of aliphatic imine (C=N–C) groups is 1. The molecule has 4 rings (SSSR count). The lowest BCUT2D eigenvalue weighted by atomic mass is 10.0. The molecule has 3 heterocycles. The van der Waals surface area contributed by atoms with E-state index < -0.39 is 5.72 Å². The van der Waals surface area contributed by atoms with Crippen LogP contribution in [0, 0.1) is 0 Å². The molecule has 1 saturated heterocycles. The van der Waals surface area contributed by atoms with E-state index in [2.05, 4.69) is 9.97 Å². The molecule has 6 nitrogen and oxygen atoms in total. The highest BCUT2D eigenvalue weighted by molar-refractivity contribution is 8.14. The Morgan fingerprint density at radius 2 is 1.96 bits per heavy atom. The van der Waals surface area contributed by atoms with Crippen molar-refractivity contribution >= 4 is 22.6 Å². The van der Waals surface area contributed by atoms with Crippen molar-refractivity contribution in [3.05, 3.63) is 79.1 Å². The lowest BCUT2D eigenvalue weighted by molar-refractivity contribution is -0.0484. The topological polar surface area (TPSA) is 66.5 Å². The van der Waals surface area contributed by atoms with Crippen LogP contribution < -0.4 is 0 Å². The summed E-state index contributed by atoms with van der Waals surface area (Å²) in [5.41, 5.74) is 0.607. The van der Waals surface area contributed by atoms with Crippen LogP contribution in [0.1, 0.15) is 12.0 Å². The van der Waals surface area contributed by atoms with E-state index in [1.807, 2.05) is 64.5 Å². The van der Waals surface area contributed by atoms with E-state index in [9.17, 15) is 5.11 Å². The van der Waals surface area contributed by atoms with E-state index >= 15 is 0 Å². The molecule has 0 aliphatic carbocycles. The standard InChI is InChI=1S/C20H21N5OS/c26-20(17-6-2-1-3-7-17)15-27-19(23-18-8-4-9-21-14-18)25(20)12-5-11-24-13-10-22-16-24/h1-4,6-10,13-14,16,26H,5,11-12,15H2. The monoisotopic (exact) mass is 379 g/mol. The van der Waals surface area contributed by atoms with E-state index in [4.69, 9.17) is 4.99 Å². The van der Waals surface area contributed by atoms with Crippen molar-refractivity contribution in [2.24, 2.45) is 4.99 Å². The zero-order valence-corrected chi connectivity index (χ0v) is 15.7. The highest BCUT2D eigenvalue weighted by atomic mass is 32.2. The first-order chi connectivity index (χ1) is 13.3. The zero-order chi connectivity index (χ0) is 18.5. The maximum atomic E-state index is 11.5. The van der Waals surface area contributed by atoms with Crippen molar-refractivity contribution in [3.63, 3.8) is 0 Å². The summed E-state index contributed by atoms with van der Waals surface area (Å²) in [7, 11) is 0. The van der Waals surface area contributed by atoms with Crippen molar-refractivity contribution < 1.29 is 5.11 Å². The van der Waals surface area contributed by atoms with Crippen LogP contribution in [0.3, 0.4) is 0 Å². The minimum Gasteiger partial charge on any atom is -0.366 e. The van der Waals surface area contributed by atoms with Gasteiger partial charge in [-0.1, -0.05) is 42.1 Å². The molecule has 2 aromatic heterocycles. The van der Waals surface area contributed by atoms with Gasteiger partial charge in [0.2, 0.25) is 0 Å². The number of amidine groups is 1. The van der Waals surface area contributed by atoms with Gasteiger partial charge < -0.3 is 14.6 Å². The molecule has 1 aliphatic heterocycles. The molecule has 3 aromatic rings. The number of aryl methyl sites for hydroxylation is 1. The van der Waals surface area contributed by atoms with E-state index in [0.717, 1.165) is 29.4 Å². The Labute approximate surface area is 162 Å². The van der Waals surface area contributed by atoms with E-state index in [1.165, 1.54) is 0 Å². The molecule has 1 aromatic carbocycles. The first-order valence-corrected chi connectivity index (χ1v) is 9.87. The largest absolute Gasteiger partial charge is 0.366 e. The van der Waals surface area contributed by atoms with Crippen LogP contribution in [0.4, 0.5) is 5.69 Å². The van der Waals surface area contributed by atoms with Gasteiger partial charge in [-0.25, -0.2) is 9.98 Å². The highest BCUT2D eigenvalue weighted by Gasteiger charge is 2.44. The van der Waals surface area contributed by atoms with Crippen LogP contribution in [-0.4, -0.2) is 42.0 Å². The second kappa shape index (κ2) is 7.94. The average Bonchev–Trinajstić information content (AvgIpc) is 3.34. The number of benzene rings is 1. The summed E-state index contributed by atoms with van der Waals surface area (Å²) >= 11 is 1.57. The summed E-state index contributed by atoms with van der Waals surface area (Å²) < 4.78 is 2.04. The fourth-order valence-electron chi connectivity index (χ4n) is 3.16. The number of pyridine rings is 1. The fraction of sp³-hybridized carbons (Fsp3) is 0.250. The Balaban J connectivity index is 1.60. The van der Waals surface area contributed by atoms with Crippen molar-refractivity contribution in [2.45, 2.75) is 18.7 Å². The van der Waals surface area contributed by atoms with E-state index in [1.54, 1.807) is 30.4 Å². The smallest absolute Gasteiger partial charge is 0.175 e. The van der Waals surface area contributed by atoms with Gasteiger partial charge in [0.05, 0.1) is 24.0 Å². The Morgan fingerprint density at radius 1 is 1.07 bits per heavy atom. The molecule has 0 amide bonds. The number of thioether (sulfide) groups is 1. The number of imidazole rings is 1. The van der Waals surface area contributed by atoms with Crippen LogP contribution in [0.25, 0.3) is 0 Å². The first kappa shape index (κ1) is 17.8. The molecule has 0 bridgehead atoms. The predicted molar refractivity (Wildman–Crippen MR) is 108 cm³/mol. The molecule has 27 heavy (non-hydrogen) atoms. The summed E-state index contributed by atoms with van der Waals surface area (Å²) in [5, 5.41) is 12.3. The lowest BCUT2D eigenvalue weighted by Gasteiger charge is -2.34. The zero-order valence-electron chi connectivity index (χ0n) is 14.8. The summed E-state index contributed by atoms with van der Waals surface area (Å²) in [4.78, 5) is 15.0. The number of rotatable bonds is 6. The molecule has 1 aliphatic rings. The summed E-state index contributed by atoms with van der Waals surface area (Å²) in [6.07, 6.45) is 9.88. The Kier molecular flexibility index (Phi) is 5.22. The third kappa shape index (κ3) is 3.89. The normalized spacial score (nSPS) is 21.1. The molecule has 1 N–H and O–H groups in total. The van der Waals surface area contributed by atoms with Crippen LogP contribution in [0.2, 0.25) is 0 Å². The second-order valence-corrected chi connectivity index (χ2v) is 7.33. The minimum atomic E-state index is -1.07. The van der Waals surface area contributed by atoms with Crippen LogP contribution >= 0.6 is 11.8 Å². The number of nitrogens with zero attached hydrogens (tertiary/aromatic N) is 5. The SMILES string of the molecule is OC1(c2ccccc2)CSC(=Nc2cccnc2)N1CCCn1ccnc1. The van der Waals surface area contributed by atoms with Gasteiger partial charge in [0.25, 0.3) is 0 Å². The third-order valence-electron chi connectivity index (χ3n) is 4.54. The Hall–Kier alpha value is -2.64. The average molecular weight is 379 g/mol. The van der Waals surface area contributed by atoms with Crippen LogP contribution in [0.15, 0.2) is 78.6 Å². The van der Waals surface area contributed by atoms with Crippen molar-refractivity contribution in [2.75, 3.05) is 12.3 Å². The van der Waals surface area contributed by atoms with Crippen molar-refractivity contribution in [1.82, 2.24) is 19.4 Å². The Morgan fingerprint density at radius 3 is 2.70 bits per heavy atom. The molecule has 0 radical (unpaired) electrons. The van der Waals surface area contributed by atoms with Gasteiger partial charge in [0.1, 0.15) is 0 Å². The quantitative estimate of drug-likeness (QED) is 0.712. The first-order valence-electron chi connectivity index (χ1n) is 8.88. The van der Waals surface area contributed by atoms with E-state index in [-0.39, 0.29) is 0 Å². The molecule has 1 atom stereocenters. The summed E-state index contributed by atoms with van der Waals surface area (Å²) in [6.45, 7) is 1.53. The van der Waals surface area contributed by atoms with Gasteiger partial charge in [-0.3, -0.25) is 4.98 Å². The minimum absolute atomic E-state index is 0.543. The van der Waals surface area contributed by atoms with Gasteiger partial charge in [-0.15, -0.1) is 0 Å². The van der Waals surface area contributed by atoms with Crippen molar-refractivity contribution in [1.29, 1.82) is 0 Å². The number of aromatic nitrogens is 3. The van der Waals surface area contributed by atoms with Gasteiger partial charge in [0, 0.05) is 37.2 Å². The lowest BCUT2D eigenvalue weighted by Crippen LogP contribution is -2.45. The molecule has 138 valence electrons. The van der Waals surface area contributed by atoms with Gasteiger partial charge in [0.15, 0.2) is 10.9 Å². The summed E-state index contributed by atoms with van der Waals surface area (Å²) in [6, 6.07) is 13.6. The maximum Gasteiger partial charge on any atom is 0.175 e. The number of aliphatic hydroxyl groups is 1. The van der Waals surface area contributed by atoms with Gasteiger partial charge >= 0.3 is 0 Å². The molecule has 7 heteroatoms. The molecule has 1 fully saturated rings. The third-order valence-corrected chi connectivity index (χ3v) is 5.66. The number of hydrogen-bond acceptors (Lipinski definition) is 5. The summed E-state index contributed by atoms with van der Waals surface area (Å²) in [5.74, 6) is 0.543. The second-order valence-electron chi connectivity index (χ2n) is 6.38. The predicted octanol–water partition coefficient (Wildman–Crippen LogP) is 3.25.